The van der Waals surface area contributed by atoms with E-state index >= 15 is 0 Å². The molecule has 2 heterocycles. The molecule has 0 aromatic heterocycles. The SMILES string of the molecule is O=C(NC1CC1)N1CC(c2ccc(C3=CC(c4cc(Cl)cc(Cl)c4)(C(F)(F)F)ON3)cc2)C1. The molecule has 2 aromatic carbocycles. The Bertz CT molecular complexity index is 1090. The van der Waals surface area contributed by atoms with Crippen LogP contribution in [0.3, 0.4) is 0 Å². The van der Waals surface area contributed by atoms with Crippen molar-refractivity contribution in [3.05, 3.63) is 75.3 Å². The van der Waals surface area contributed by atoms with Gasteiger partial charge >= 0.3 is 12.2 Å². The molecule has 5 nitrogen and oxygen atoms in total. The van der Waals surface area contributed by atoms with Gasteiger partial charge in [-0.3, -0.25) is 10.3 Å². The zero-order valence-electron chi connectivity index (χ0n) is 17.3. The molecule has 2 N–H and O–H groups in total. The highest BCUT2D eigenvalue weighted by Gasteiger charge is 2.59. The maximum Gasteiger partial charge on any atom is 0.428 e. The minimum atomic E-state index is -4.76. The summed E-state index contributed by atoms with van der Waals surface area (Å²) in [5.74, 6) is 0.202. The zero-order chi connectivity index (χ0) is 23.4. The first-order valence-corrected chi connectivity index (χ1v) is 11.3. The highest BCUT2D eigenvalue weighted by molar-refractivity contribution is 6.34. The first-order valence-electron chi connectivity index (χ1n) is 10.5. The summed E-state index contributed by atoms with van der Waals surface area (Å²) in [6.07, 6.45) is -1.68. The van der Waals surface area contributed by atoms with Crippen LogP contribution in [0.15, 0.2) is 48.5 Å². The molecule has 1 aliphatic carbocycles. The second-order valence-corrected chi connectivity index (χ2v) is 9.47. The quantitative estimate of drug-likeness (QED) is 0.578. The number of hydrogen-bond acceptors (Lipinski definition) is 3. The van der Waals surface area contributed by atoms with E-state index in [4.69, 9.17) is 28.0 Å². The summed E-state index contributed by atoms with van der Waals surface area (Å²) in [6, 6.07) is 11.2. The molecule has 33 heavy (non-hydrogen) atoms. The number of nitrogens with zero attached hydrogens (tertiary/aromatic N) is 1. The van der Waals surface area contributed by atoms with Crippen LogP contribution in [0.4, 0.5) is 18.0 Å². The summed E-state index contributed by atoms with van der Waals surface area (Å²) in [5, 5.41) is 3.12. The van der Waals surface area contributed by atoms with Gasteiger partial charge in [0.15, 0.2) is 0 Å². The van der Waals surface area contributed by atoms with Gasteiger partial charge < -0.3 is 10.2 Å². The molecule has 174 valence electrons. The van der Waals surface area contributed by atoms with E-state index in [1.54, 1.807) is 17.0 Å². The van der Waals surface area contributed by atoms with E-state index in [1.165, 1.54) is 18.2 Å². The van der Waals surface area contributed by atoms with E-state index in [9.17, 15) is 18.0 Å². The number of hydrogen-bond donors (Lipinski definition) is 2. The predicted molar refractivity (Wildman–Crippen MR) is 119 cm³/mol. The van der Waals surface area contributed by atoms with Crippen LogP contribution in [0.1, 0.15) is 35.4 Å². The lowest BCUT2D eigenvalue weighted by Crippen LogP contribution is -2.52. The minimum absolute atomic E-state index is 0.0348. The Morgan fingerprint density at radius 3 is 2.30 bits per heavy atom. The van der Waals surface area contributed by atoms with Crippen LogP contribution in [-0.4, -0.2) is 36.2 Å². The smallest absolute Gasteiger partial charge is 0.335 e. The molecule has 0 bridgehead atoms. The van der Waals surface area contributed by atoms with Gasteiger partial charge in [-0.2, -0.15) is 13.2 Å². The van der Waals surface area contributed by atoms with Crippen molar-refractivity contribution in [3.8, 4) is 0 Å². The highest BCUT2D eigenvalue weighted by Crippen LogP contribution is 2.48. The molecule has 2 amide bonds. The number of hydroxylamine groups is 1. The minimum Gasteiger partial charge on any atom is -0.335 e. The van der Waals surface area contributed by atoms with Crippen molar-refractivity contribution in [2.75, 3.05) is 13.1 Å². The van der Waals surface area contributed by atoms with Crippen molar-refractivity contribution < 1.29 is 22.8 Å². The van der Waals surface area contributed by atoms with E-state index in [-0.39, 0.29) is 33.3 Å². The average Bonchev–Trinajstić information content (AvgIpc) is 3.38. The Kier molecular flexibility index (Phi) is 5.50. The number of rotatable bonds is 4. The normalized spacial score (nSPS) is 23.1. The first-order chi connectivity index (χ1) is 15.6. The number of halogens is 5. The molecule has 3 aliphatic rings. The van der Waals surface area contributed by atoms with Crippen LogP contribution >= 0.6 is 23.2 Å². The van der Waals surface area contributed by atoms with Gasteiger partial charge in [0.1, 0.15) is 0 Å². The van der Waals surface area contributed by atoms with Crippen molar-refractivity contribution in [3.63, 3.8) is 0 Å². The number of carbonyl (C=O) groups is 1. The Balaban J connectivity index is 1.33. The molecular weight excluding hydrogens is 478 g/mol. The molecule has 1 saturated carbocycles. The molecule has 1 atom stereocenters. The Morgan fingerprint density at radius 2 is 1.73 bits per heavy atom. The Morgan fingerprint density at radius 1 is 1.09 bits per heavy atom. The molecule has 10 heteroatoms. The summed E-state index contributed by atoms with van der Waals surface area (Å²) in [6.45, 7) is 1.24. The van der Waals surface area contributed by atoms with E-state index in [0.29, 0.717) is 24.7 Å². The van der Waals surface area contributed by atoms with Crippen LogP contribution in [-0.2, 0) is 10.4 Å². The third-order valence-corrected chi connectivity index (χ3v) is 6.59. The van der Waals surface area contributed by atoms with Gasteiger partial charge in [0.05, 0.1) is 5.70 Å². The number of nitrogens with one attached hydrogen (secondary N) is 2. The van der Waals surface area contributed by atoms with Gasteiger partial charge in [-0.15, -0.1) is 0 Å². The lowest BCUT2D eigenvalue weighted by Gasteiger charge is -2.39. The molecule has 0 radical (unpaired) electrons. The van der Waals surface area contributed by atoms with Gasteiger partial charge in [0, 0.05) is 40.7 Å². The maximum absolute atomic E-state index is 14.1. The van der Waals surface area contributed by atoms with E-state index in [2.05, 4.69) is 10.8 Å². The zero-order valence-corrected chi connectivity index (χ0v) is 18.8. The average molecular weight is 498 g/mol. The summed E-state index contributed by atoms with van der Waals surface area (Å²) >= 11 is 11.9. The standard InChI is InChI=1S/C23H20Cl2F3N3O2/c24-17-7-16(8-18(25)9-17)22(23(26,27)28)10-20(30-33-22)14-3-1-13(2-4-14)15-11-31(12-15)21(32)29-19-5-6-19/h1-4,7-10,15,19,30H,5-6,11-12H2,(H,29,32). The Labute approximate surface area is 198 Å². The van der Waals surface area contributed by atoms with E-state index in [1.807, 2.05) is 12.1 Å². The number of benzene rings is 2. The molecule has 5 rings (SSSR count). The van der Waals surface area contributed by atoms with Gasteiger partial charge in [-0.25, -0.2) is 4.79 Å². The second-order valence-electron chi connectivity index (χ2n) is 8.60. The third kappa shape index (κ3) is 4.27. The number of carbonyl (C=O) groups excluding carboxylic acids is 1. The van der Waals surface area contributed by atoms with Gasteiger partial charge in [0.25, 0.3) is 0 Å². The first kappa shape index (κ1) is 22.4. The van der Waals surface area contributed by atoms with Crippen LogP contribution < -0.4 is 10.8 Å². The van der Waals surface area contributed by atoms with Crippen molar-refractivity contribution in [1.29, 1.82) is 0 Å². The van der Waals surface area contributed by atoms with E-state index < -0.39 is 11.8 Å². The van der Waals surface area contributed by atoms with Crippen molar-refractivity contribution in [2.24, 2.45) is 0 Å². The van der Waals surface area contributed by atoms with Gasteiger partial charge in [-0.1, -0.05) is 47.5 Å². The predicted octanol–water partition coefficient (Wildman–Crippen LogP) is 5.60. The number of alkyl halides is 3. The topological polar surface area (TPSA) is 53.6 Å². The van der Waals surface area contributed by atoms with Crippen molar-refractivity contribution >= 4 is 34.9 Å². The molecule has 2 fully saturated rings. The van der Waals surface area contributed by atoms with Crippen LogP contribution in [0.5, 0.6) is 0 Å². The molecule has 1 unspecified atom stereocenters. The van der Waals surface area contributed by atoms with E-state index in [0.717, 1.165) is 24.5 Å². The lowest BCUT2D eigenvalue weighted by atomic mass is 9.89. The third-order valence-electron chi connectivity index (χ3n) is 6.15. The fraction of sp³-hybridized carbons (Fsp3) is 0.348. The highest BCUT2D eigenvalue weighted by atomic mass is 35.5. The van der Waals surface area contributed by atoms with Crippen molar-refractivity contribution in [2.45, 2.75) is 36.6 Å². The molecule has 0 spiro atoms. The van der Waals surface area contributed by atoms with Crippen LogP contribution in [0.25, 0.3) is 5.70 Å². The lowest BCUT2D eigenvalue weighted by molar-refractivity contribution is -0.269. The van der Waals surface area contributed by atoms with Gasteiger partial charge in [0.2, 0.25) is 5.60 Å². The number of urea groups is 1. The molecule has 1 saturated heterocycles. The van der Waals surface area contributed by atoms with Gasteiger partial charge in [-0.05, 0) is 48.2 Å². The summed E-state index contributed by atoms with van der Waals surface area (Å²) < 4.78 is 42.4. The molecular formula is C23H20Cl2F3N3O2. The second kappa shape index (κ2) is 8.11. The maximum atomic E-state index is 14.1. The summed E-state index contributed by atoms with van der Waals surface area (Å²) in [5.41, 5.74) is 1.24. The molecule has 2 aliphatic heterocycles. The van der Waals surface area contributed by atoms with Crippen LogP contribution in [0, 0.1) is 0 Å². The summed E-state index contributed by atoms with van der Waals surface area (Å²) in [4.78, 5) is 18.9. The van der Waals surface area contributed by atoms with Crippen molar-refractivity contribution in [1.82, 2.24) is 15.7 Å². The fourth-order valence-electron chi connectivity index (χ4n) is 4.04. The Hall–Kier alpha value is -2.42. The number of likely N-dealkylation sites (tertiary alicyclic amines) is 1. The van der Waals surface area contributed by atoms with Crippen LogP contribution in [0.2, 0.25) is 10.0 Å². The number of amides is 2. The molecule has 2 aromatic rings. The summed E-state index contributed by atoms with van der Waals surface area (Å²) in [7, 11) is 0. The fourth-order valence-corrected chi connectivity index (χ4v) is 4.56. The monoisotopic (exact) mass is 497 g/mol. The largest absolute Gasteiger partial charge is 0.428 e.